The number of hydrogen-bond acceptors (Lipinski definition) is 2. The summed E-state index contributed by atoms with van der Waals surface area (Å²) in [7, 11) is 0. The Morgan fingerprint density at radius 1 is 0.469 bits per heavy atom. The third-order valence-electron chi connectivity index (χ3n) is 9.25. The molecule has 3 nitrogen and oxygen atoms in total. The molecule has 0 saturated heterocycles. The Balaban J connectivity index is 1.21. The van der Waals surface area contributed by atoms with Crippen molar-refractivity contribution in [3.8, 4) is 11.1 Å². The minimum Gasteiger partial charge on any atom is -0.282 e. The van der Waals surface area contributed by atoms with E-state index in [1.165, 1.54) is 36.3 Å². The molecule has 0 aliphatic carbocycles. The smallest absolute Gasteiger partial charge is 0.161 e. The predicted molar refractivity (Wildman–Crippen MR) is 211 cm³/mol. The van der Waals surface area contributed by atoms with Crippen LogP contribution in [0.2, 0.25) is 0 Å². The molecule has 230 valence electrons. The van der Waals surface area contributed by atoms with Gasteiger partial charge in [0.25, 0.3) is 0 Å². The Bertz CT molecular complexity index is 2770. The SMILES string of the molecule is N=C(N=C(N=Cc1c2ccccc2cc2c1ccc1ccccc12)c1ccc2sc3ccccc3c2c1)c1ccc(-c2ccccc2)cc1. The highest BCUT2D eigenvalue weighted by molar-refractivity contribution is 7.25. The molecule has 1 N–H and O–H groups in total. The quantitative estimate of drug-likeness (QED) is 0.0859. The van der Waals surface area contributed by atoms with Crippen LogP contribution in [0, 0.1) is 5.41 Å². The summed E-state index contributed by atoms with van der Waals surface area (Å²) in [6.45, 7) is 0. The van der Waals surface area contributed by atoms with E-state index >= 15 is 0 Å². The monoisotopic (exact) mass is 643 g/mol. The normalized spacial score (nSPS) is 12.2. The fourth-order valence-electron chi connectivity index (χ4n) is 6.77. The van der Waals surface area contributed by atoms with Crippen molar-refractivity contribution in [1.82, 2.24) is 0 Å². The van der Waals surface area contributed by atoms with Crippen LogP contribution in [0.1, 0.15) is 16.7 Å². The molecule has 0 aliphatic heterocycles. The number of benzene rings is 8. The van der Waals surface area contributed by atoms with Crippen molar-refractivity contribution < 1.29 is 0 Å². The van der Waals surface area contributed by atoms with Crippen LogP contribution in [-0.2, 0) is 0 Å². The molecule has 0 amide bonds. The maximum Gasteiger partial charge on any atom is 0.161 e. The summed E-state index contributed by atoms with van der Waals surface area (Å²) < 4.78 is 2.46. The van der Waals surface area contributed by atoms with E-state index in [0.29, 0.717) is 5.84 Å². The van der Waals surface area contributed by atoms with Gasteiger partial charge in [-0.2, -0.15) is 0 Å². The number of rotatable bonds is 4. The minimum absolute atomic E-state index is 0.163. The second-order valence-electron chi connectivity index (χ2n) is 12.2. The lowest BCUT2D eigenvalue weighted by atomic mass is 9.94. The number of thiophene rings is 1. The van der Waals surface area contributed by atoms with Gasteiger partial charge in [0.15, 0.2) is 11.7 Å². The Hall–Kier alpha value is -6.23. The van der Waals surface area contributed by atoms with Crippen LogP contribution in [0.15, 0.2) is 174 Å². The van der Waals surface area contributed by atoms with Gasteiger partial charge in [0.05, 0.1) is 0 Å². The number of nitrogens with zero attached hydrogens (tertiary/aromatic N) is 2. The maximum absolute atomic E-state index is 9.12. The molecule has 0 unspecified atom stereocenters. The lowest BCUT2D eigenvalue weighted by molar-refractivity contribution is 1.40. The highest BCUT2D eigenvalue weighted by Gasteiger charge is 2.13. The van der Waals surface area contributed by atoms with Crippen LogP contribution in [0.4, 0.5) is 0 Å². The van der Waals surface area contributed by atoms with Gasteiger partial charge >= 0.3 is 0 Å². The summed E-state index contributed by atoms with van der Waals surface area (Å²) in [6, 6.07) is 56.9. The van der Waals surface area contributed by atoms with E-state index in [1.807, 2.05) is 48.7 Å². The molecule has 0 fully saturated rings. The first-order chi connectivity index (χ1) is 24.2. The van der Waals surface area contributed by atoms with Crippen molar-refractivity contribution in [1.29, 1.82) is 5.41 Å². The lowest BCUT2D eigenvalue weighted by Crippen LogP contribution is -2.05. The Labute approximate surface area is 287 Å². The molecule has 8 aromatic carbocycles. The molecule has 9 aromatic rings. The maximum atomic E-state index is 9.12. The van der Waals surface area contributed by atoms with Crippen LogP contribution in [-0.4, -0.2) is 17.9 Å². The number of aliphatic imine (C=N–C) groups is 2. The molecular formula is C45H29N3S. The molecule has 0 atom stereocenters. The van der Waals surface area contributed by atoms with Gasteiger partial charge in [-0.15, -0.1) is 11.3 Å². The summed E-state index contributed by atoms with van der Waals surface area (Å²) in [5.74, 6) is 0.659. The first kappa shape index (κ1) is 29.0. The van der Waals surface area contributed by atoms with Crippen molar-refractivity contribution in [2.45, 2.75) is 0 Å². The van der Waals surface area contributed by atoms with Gasteiger partial charge in [-0.3, -0.25) is 5.41 Å². The first-order valence-electron chi connectivity index (χ1n) is 16.3. The topological polar surface area (TPSA) is 48.6 Å². The van der Waals surface area contributed by atoms with Crippen molar-refractivity contribution in [3.05, 3.63) is 180 Å². The number of fused-ring (bicyclic) bond motifs is 7. The molecule has 49 heavy (non-hydrogen) atoms. The zero-order chi connectivity index (χ0) is 32.7. The van der Waals surface area contributed by atoms with Gasteiger partial charge in [-0.1, -0.05) is 133 Å². The Morgan fingerprint density at radius 2 is 1.12 bits per heavy atom. The van der Waals surface area contributed by atoms with E-state index < -0.39 is 0 Å². The van der Waals surface area contributed by atoms with Gasteiger partial charge in [-0.05, 0) is 73.8 Å². The summed E-state index contributed by atoms with van der Waals surface area (Å²) in [5.41, 5.74) is 4.88. The molecule has 0 aliphatic rings. The zero-order valence-corrected chi connectivity index (χ0v) is 27.3. The molecule has 4 heteroatoms. The number of amidine groups is 2. The number of nitrogens with one attached hydrogen (secondary N) is 1. The highest BCUT2D eigenvalue weighted by atomic mass is 32.1. The standard InChI is InChI=1S/C45H29N3S/c46-44(32-20-18-30(19-21-32)29-10-2-1-3-11-29)48-45(34-23-25-43-40(27-34)38-16-8-9-17-42(38)49-43)47-28-41-36-15-7-5-13-33(36)26-39-35-14-6-4-12-31(35)22-24-37(39)41/h1-28,46H. The van der Waals surface area contributed by atoms with E-state index in [4.69, 9.17) is 15.4 Å². The first-order valence-corrected chi connectivity index (χ1v) is 17.1. The van der Waals surface area contributed by atoms with E-state index in [1.54, 1.807) is 11.3 Å². The molecular weight excluding hydrogens is 615 g/mol. The third-order valence-corrected chi connectivity index (χ3v) is 10.4. The predicted octanol–water partition coefficient (Wildman–Crippen LogP) is 12.1. The molecule has 0 radical (unpaired) electrons. The minimum atomic E-state index is 0.163. The van der Waals surface area contributed by atoms with Crippen molar-refractivity contribution in [3.63, 3.8) is 0 Å². The fraction of sp³-hybridized carbons (Fsp3) is 0. The van der Waals surface area contributed by atoms with E-state index in [9.17, 15) is 0 Å². The van der Waals surface area contributed by atoms with Crippen molar-refractivity contribution >= 4 is 81.7 Å². The number of hydrogen-bond donors (Lipinski definition) is 1. The van der Waals surface area contributed by atoms with Crippen molar-refractivity contribution in [2.75, 3.05) is 0 Å². The van der Waals surface area contributed by atoms with E-state index in [-0.39, 0.29) is 5.84 Å². The van der Waals surface area contributed by atoms with Gasteiger partial charge in [0.2, 0.25) is 0 Å². The third kappa shape index (κ3) is 5.29. The fourth-order valence-corrected chi connectivity index (χ4v) is 7.86. The highest BCUT2D eigenvalue weighted by Crippen LogP contribution is 2.35. The van der Waals surface area contributed by atoms with E-state index in [0.717, 1.165) is 44.0 Å². The Morgan fingerprint density at radius 3 is 1.96 bits per heavy atom. The molecule has 1 heterocycles. The second-order valence-corrected chi connectivity index (χ2v) is 13.3. The lowest BCUT2D eigenvalue weighted by Gasteiger charge is -2.11. The van der Waals surface area contributed by atoms with Crippen LogP contribution >= 0.6 is 11.3 Å². The van der Waals surface area contributed by atoms with Crippen LogP contribution in [0.3, 0.4) is 0 Å². The largest absolute Gasteiger partial charge is 0.282 e. The van der Waals surface area contributed by atoms with Crippen LogP contribution in [0.25, 0.3) is 63.6 Å². The summed E-state index contributed by atoms with van der Waals surface area (Å²) >= 11 is 1.79. The molecule has 1 aromatic heterocycles. The molecule has 0 spiro atoms. The molecule has 0 bridgehead atoms. The second kappa shape index (κ2) is 12.1. The Kier molecular flexibility index (Phi) is 7.15. The van der Waals surface area contributed by atoms with Crippen molar-refractivity contribution in [2.24, 2.45) is 9.98 Å². The average molecular weight is 644 g/mol. The zero-order valence-electron chi connectivity index (χ0n) is 26.5. The van der Waals surface area contributed by atoms with E-state index in [2.05, 4.69) is 121 Å². The average Bonchev–Trinajstić information content (AvgIpc) is 3.54. The molecule has 9 rings (SSSR count). The van der Waals surface area contributed by atoms with Crippen LogP contribution < -0.4 is 0 Å². The summed E-state index contributed by atoms with van der Waals surface area (Å²) in [6.07, 6.45) is 1.94. The van der Waals surface area contributed by atoms with Crippen LogP contribution in [0.5, 0.6) is 0 Å². The summed E-state index contributed by atoms with van der Waals surface area (Å²) in [5, 5.41) is 18.5. The van der Waals surface area contributed by atoms with Gasteiger partial charge in [-0.25, -0.2) is 9.98 Å². The van der Waals surface area contributed by atoms with Gasteiger partial charge < -0.3 is 0 Å². The summed E-state index contributed by atoms with van der Waals surface area (Å²) in [4.78, 5) is 10.1. The van der Waals surface area contributed by atoms with Gasteiger partial charge in [0, 0.05) is 43.1 Å². The van der Waals surface area contributed by atoms with Gasteiger partial charge in [0.1, 0.15) is 0 Å². The molecule has 0 saturated carbocycles.